The van der Waals surface area contributed by atoms with Gasteiger partial charge in [0.05, 0.1) is 20.8 Å². The van der Waals surface area contributed by atoms with Crippen molar-refractivity contribution < 1.29 is 23.8 Å². The van der Waals surface area contributed by atoms with Gasteiger partial charge in [-0.3, -0.25) is 9.59 Å². The standard InChI is InChI=1S/C30H40N2O5/c1-4-5-19-37-25-14-12-23(13-15-25)29-30(34)32(24-9-7-6-8-10-24)21-28(33)31(29)18-17-22-11-16-26(35-2)27(20-22)36-3/h11-16,20,24,29H,4-10,17-19,21H2,1-3H3/t29-/m1/s1. The van der Waals surface area contributed by atoms with Gasteiger partial charge in [0.25, 0.3) is 5.91 Å². The van der Waals surface area contributed by atoms with E-state index in [0.29, 0.717) is 31.1 Å². The summed E-state index contributed by atoms with van der Waals surface area (Å²) in [6.45, 7) is 3.40. The number of hydrogen-bond acceptors (Lipinski definition) is 5. The topological polar surface area (TPSA) is 68.3 Å². The van der Waals surface area contributed by atoms with Crippen LogP contribution in [0.25, 0.3) is 0 Å². The van der Waals surface area contributed by atoms with Gasteiger partial charge in [-0.1, -0.05) is 50.8 Å². The zero-order valence-corrected chi connectivity index (χ0v) is 22.4. The van der Waals surface area contributed by atoms with Gasteiger partial charge in [0.1, 0.15) is 18.3 Å². The fourth-order valence-electron chi connectivity index (χ4n) is 5.39. The molecule has 2 aromatic rings. The van der Waals surface area contributed by atoms with Crippen molar-refractivity contribution in [1.82, 2.24) is 9.80 Å². The van der Waals surface area contributed by atoms with Crippen molar-refractivity contribution in [3.8, 4) is 17.2 Å². The van der Waals surface area contributed by atoms with Crippen LogP contribution in [0.1, 0.15) is 69.0 Å². The lowest BCUT2D eigenvalue weighted by molar-refractivity contribution is -0.159. The molecule has 2 fully saturated rings. The Hall–Kier alpha value is -3.22. The minimum absolute atomic E-state index is 0.000998. The molecular weight excluding hydrogens is 468 g/mol. The molecule has 1 aliphatic carbocycles. The molecule has 4 rings (SSSR count). The monoisotopic (exact) mass is 508 g/mol. The van der Waals surface area contributed by atoms with E-state index >= 15 is 0 Å². The molecule has 0 aromatic heterocycles. The van der Waals surface area contributed by atoms with Crippen molar-refractivity contribution in [2.24, 2.45) is 0 Å². The summed E-state index contributed by atoms with van der Waals surface area (Å²) in [4.78, 5) is 31.1. The van der Waals surface area contributed by atoms with Crippen LogP contribution in [-0.2, 0) is 16.0 Å². The molecule has 1 heterocycles. The van der Waals surface area contributed by atoms with Crippen LogP contribution in [-0.4, -0.2) is 61.6 Å². The second-order valence-corrected chi connectivity index (χ2v) is 9.96. The molecule has 2 aliphatic rings. The maximum absolute atomic E-state index is 13.9. The second-order valence-electron chi connectivity index (χ2n) is 9.96. The molecule has 0 N–H and O–H groups in total. The minimum atomic E-state index is -0.631. The first-order chi connectivity index (χ1) is 18.0. The number of piperazine rings is 1. The number of nitrogens with zero attached hydrogens (tertiary/aromatic N) is 2. The molecule has 0 unspecified atom stereocenters. The SMILES string of the molecule is CCCCOc1ccc([C@@H]2C(=O)N(C3CCCCC3)CC(=O)N2CCc2ccc(OC)c(OC)c2)cc1. The lowest BCUT2D eigenvalue weighted by atomic mass is 9.91. The normalized spacial score (nSPS) is 18.7. The summed E-state index contributed by atoms with van der Waals surface area (Å²) < 4.78 is 16.6. The van der Waals surface area contributed by atoms with Crippen LogP contribution >= 0.6 is 0 Å². The Kier molecular flexibility index (Phi) is 9.31. The van der Waals surface area contributed by atoms with E-state index in [4.69, 9.17) is 14.2 Å². The van der Waals surface area contributed by atoms with Crippen molar-refractivity contribution in [1.29, 1.82) is 0 Å². The van der Waals surface area contributed by atoms with Gasteiger partial charge in [-0.05, 0) is 61.1 Å². The fourth-order valence-corrected chi connectivity index (χ4v) is 5.39. The molecule has 7 nitrogen and oxygen atoms in total. The summed E-state index contributed by atoms with van der Waals surface area (Å²) in [7, 11) is 3.22. The van der Waals surface area contributed by atoms with Crippen LogP contribution in [0.2, 0.25) is 0 Å². The summed E-state index contributed by atoms with van der Waals surface area (Å²) >= 11 is 0. The van der Waals surface area contributed by atoms with Crippen LogP contribution in [0.4, 0.5) is 0 Å². The molecule has 2 amide bonds. The van der Waals surface area contributed by atoms with Crippen molar-refractivity contribution in [3.63, 3.8) is 0 Å². The number of carbonyl (C=O) groups is 2. The summed E-state index contributed by atoms with van der Waals surface area (Å²) in [6, 6.07) is 13.0. The van der Waals surface area contributed by atoms with Crippen LogP contribution in [0.15, 0.2) is 42.5 Å². The van der Waals surface area contributed by atoms with E-state index in [2.05, 4.69) is 6.92 Å². The number of carbonyl (C=O) groups excluding carboxylic acids is 2. The molecule has 200 valence electrons. The maximum atomic E-state index is 13.9. The van der Waals surface area contributed by atoms with Gasteiger partial charge in [-0.15, -0.1) is 0 Å². The van der Waals surface area contributed by atoms with Crippen molar-refractivity contribution in [3.05, 3.63) is 53.6 Å². The summed E-state index contributed by atoms with van der Waals surface area (Å²) in [5.41, 5.74) is 1.85. The highest BCUT2D eigenvalue weighted by molar-refractivity contribution is 5.95. The highest BCUT2D eigenvalue weighted by Gasteiger charge is 2.42. The Balaban J connectivity index is 1.57. The Morgan fingerprint density at radius 2 is 1.65 bits per heavy atom. The Morgan fingerprint density at radius 3 is 2.32 bits per heavy atom. The quantitative estimate of drug-likeness (QED) is 0.392. The summed E-state index contributed by atoms with van der Waals surface area (Å²) in [5, 5.41) is 0. The summed E-state index contributed by atoms with van der Waals surface area (Å²) in [6.07, 6.45) is 8.05. The zero-order chi connectivity index (χ0) is 26.2. The third-order valence-corrected chi connectivity index (χ3v) is 7.52. The predicted octanol–water partition coefficient (Wildman–Crippen LogP) is 5.17. The number of benzene rings is 2. The van der Waals surface area contributed by atoms with E-state index in [9.17, 15) is 9.59 Å². The van der Waals surface area contributed by atoms with Crippen LogP contribution in [0.3, 0.4) is 0 Å². The number of rotatable bonds is 11. The smallest absolute Gasteiger partial charge is 0.250 e. The van der Waals surface area contributed by atoms with Gasteiger partial charge >= 0.3 is 0 Å². The van der Waals surface area contributed by atoms with Gasteiger partial charge in [0.2, 0.25) is 5.91 Å². The van der Waals surface area contributed by atoms with Gasteiger partial charge in [-0.2, -0.15) is 0 Å². The van der Waals surface area contributed by atoms with E-state index in [1.165, 1.54) is 6.42 Å². The fraction of sp³-hybridized carbons (Fsp3) is 0.533. The minimum Gasteiger partial charge on any atom is -0.494 e. The van der Waals surface area contributed by atoms with Crippen LogP contribution in [0.5, 0.6) is 17.2 Å². The maximum Gasteiger partial charge on any atom is 0.250 e. The van der Waals surface area contributed by atoms with Gasteiger partial charge in [0, 0.05) is 12.6 Å². The number of methoxy groups -OCH3 is 2. The number of amides is 2. The molecular formula is C30H40N2O5. The third kappa shape index (κ3) is 6.38. The highest BCUT2D eigenvalue weighted by Crippen LogP contribution is 2.34. The Bertz CT molecular complexity index is 1050. The van der Waals surface area contributed by atoms with Gasteiger partial charge < -0.3 is 24.0 Å². The summed E-state index contributed by atoms with van der Waals surface area (Å²) in [5.74, 6) is 2.13. The van der Waals surface area contributed by atoms with Gasteiger partial charge in [0.15, 0.2) is 11.5 Å². The Labute approximate surface area is 220 Å². The van der Waals surface area contributed by atoms with Gasteiger partial charge in [-0.25, -0.2) is 0 Å². The number of unbranched alkanes of at least 4 members (excludes halogenated alkanes) is 1. The van der Waals surface area contributed by atoms with E-state index in [1.54, 1.807) is 19.1 Å². The molecule has 2 aromatic carbocycles. The largest absolute Gasteiger partial charge is 0.494 e. The molecule has 0 radical (unpaired) electrons. The number of hydrogen-bond donors (Lipinski definition) is 0. The van der Waals surface area contributed by atoms with E-state index in [1.807, 2.05) is 47.4 Å². The van der Waals surface area contributed by atoms with Crippen molar-refractivity contribution in [2.75, 3.05) is 33.9 Å². The predicted molar refractivity (Wildman–Crippen MR) is 143 cm³/mol. The van der Waals surface area contributed by atoms with E-state index < -0.39 is 6.04 Å². The first-order valence-electron chi connectivity index (χ1n) is 13.6. The Morgan fingerprint density at radius 1 is 0.919 bits per heavy atom. The average molecular weight is 509 g/mol. The first kappa shape index (κ1) is 26.8. The molecule has 1 saturated carbocycles. The van der Waals surface area contributed by atoms with Crippen LogP contribution < -0.4 is 14.2 Å². The molecule has 7 heteroatoms. The lowest BCUT2D eigenvalue weighted by Crippen LogP contribution is -2.58. The van der Waals surface area contributed by atoms with Crippen LogP contribution in [0, 0.1) is 0 Å². The first-order valence-corrected chi connectivity index (χ1v) is 13.6. The third-order valence-electron chi connectivity index (χ3n) is 7.52. The van der Waals surface area contributed by atoms with E-state index in [0.717, 1.165) is 55.4 Å². The van der Waals surface area contributed by atoms with Crippen molar-refractivity contribution in [2.45, 2.75) is 70.4 Å². The van der Waals surface area contributed by atoms with E-state index in [-0.39, 0.29) is 24.4 Å². The highest BCUT2D eigenvalue weighted by atomic mass is 16.5. The molecule has 0 spiro atoms. The molecule has 1 atom stereocenters. The molecule has 37 heavy (non-hydrogen) atoms. The number of ether oxygens (including phenoxy) is 3. The second kappa shape index (κ2) is 12.8. The zero-order valence-electron chi connectivity index (χ0n) is 22.4. The average Bonchev–Trinajstić information content (AvgIpc) is 2.94. The lowest BCUT2D eigenvalue weighted by Gasteiger charge is -2.44. The molecule has 1 aliphatic heterocycles. The molecule has 0 bridgehead atoms. The van der Waals surface area contributed by atoms with Crippen molar-refractivity contribution >= 4 is 11.8 Å². The molecule has 1 saturated heterocycles.